The van der Waals surface area contributed by atoms with Crippen molar-refractivity contribution in [2.45, 2.75) is 12.8 Å². The number of ether oxygens (including phenoxy) is 1. The number of Topliss-reactive ketones (excluding diaryl/α,β-unsaturated/α-hetero) is 1. The first-order valence-electron chi connectivity index (χ1n) is 8.35. The van der Waals surface area contributed by atoms with Crippen LogP contribution in [0.2, 0.25) is 0 Å². The minimum atomic E-state index is -0.621. The van der Waals surface area contributed by atoms with Crippen molar-refractivity contribution in [3.05, 3.63) is 65.7 Å². The van der Waals surface area contributed by atoms with Crippen LogP contribution in [0.1, 0.15) is 33.6 Å². The number of carbonyl (C=O) groups excluding carboxylic acids is 4. The van der Waals surface area contributed by atoms with E-state index in [1.165, 1.54) is 7.05 Å². The molecule has 2 aromatic carbocycles. The number of carbonyl (C=O) groups is 4. The predicted molar refractivity (Wildman–Crippen MR) is 99.4 cm³/mol. The van der Waals surface area contributed by atoms with Crippen LogP contribution >= 0.6 is 0 Å². The molecule has 0 radical (unpaired) electrons. The molecular formula is C20H20N2O5. The van der Waals surface area contributed by atoms with Crippen LogP contribution in [0.5, 0.6) is 0 Å². The summed E-state index contributed by atoms with van der Waals surface area (Å²) in [6.45, 7) is -0.449. The Morgan fingerprint density at radius 2 is 1.52 bits per heavy atom. The van der Waals surface area contributed by atoms with E-state index in [4.69, 9.17) is 4.74 Å². The fraction of sp³-hybridized carbons (Fsp3) is 0.200. The fourth-order valence-electron chi connectivity index (χ4n) is 2.25. The lowest BCUT2D eigenvalue weighted by Gasteiger charge is -2.07. The van der Waals surface area contributed by atoms with E-state index < -0.39 is 18.5 Å². The third kappa shape index (κ3) is 6.39. The molecule has 0 spiro atoms. The Morgan fingerprint density at radius 3 is 2.15 bits per heavy atom. The Hall–Kier alpha value is -3.48. The average Bonchev–Trinajstić information content (AvgIpc) is 2.71. The Bertz CT molecular complexity index is 816. The second kappa shape index (κ2) is 9.86. The van der Waals surface area contributed by atoms with Gasteiger partial charge in [-0.3, -0.25) is 19.2 Å². The molecule has 2 aromatic rings. The number of benzene rings is 2. The van der Waals surface area contributed by atoms with E-state index in [1.807, 2.05) is 0 Å². The highest BCUT2D eigenvalue weighted by Crippen LogP contribution is 2.10. The second-order valence-electron chi connectivity index (χ2n) is 5.65. The molecule has 0 aliphatic carbocycles. The molecule has 0 saturated heterocycles. The van der Waals surface area contributed by atoms with Crippen LogP contribution in [-0.4, -0.2) is 37.2 Å². The summed E-state index contributed by atoms with van der Waals surface area (Å²) in [4.78, 5) is 46.9. The van der Waals surface area contributed by atoms with Gasteiger partial charge in [0.25, 0.3) is 11.8 Å². The highest BCUT2D eigenvalue weighted by atomic mass is 16.5. The van der Waals surface area contributed by atoms with Gasteiger partial charge in [-0.25, -0.2) is 0 Å². The molecule has 0 aliphatic heterocycles. The molecule has 7 nitrogen and oxygen atoms in total. The van der Waals surface area contributed by atoms with Crippen LogP contribution < -0.4 is 10.6 Å². The lowest BCUT2D eigenvalue weighted by Crippen LogP contribution is -2.21. The molecule has 0 unspecified atom stereocenters. The topological polar surface area (TPSA) is 102 Å². The molecule has 2 N–H and O–H groups in total. The predicted octanol–water partition coefficient (Wildman–Crippen LogP) is 2.19. The quantitative estimate of drug-likeness (QED) is 0.549. The molecule has 0 atom stereocenters. The Morgan fingerprint density at radius 1 is 0.852 bits per heavy atom. The highest BCUT2D eigenvalue weighted by Gasteiger charge is 2.12. The number of anilines is 1. The number of hydrogen-bond acceptors (Lipinski definition) is 5. The number of nitrogens with one attached hydrogen (secondary N) is 2. The molecular weight excluding hydrogens is 348 g/mol. The zero-order valence-electron chi connectivity index (χ0n) is 14.9. The molecule has 140 valence electrons. The smallest absolute Gasteiger partial charge is 0.306 e. The maximum Gasteiger partial charge on any atom is 0.306 e. The van der Waals surface area contributed by atoms with Crippen molar-refractivity contribution < 1.29 is 23.9 Å². The largest absolute Gasteiger partial charge is 0.456 e. The minimum absolute atomic E-state index is 0.0193. The molecule has 0 aromatic heterocycles. The Labute approximate surface area is 156 Å². The summed E-state index contributed by atoms with van der Waals surface area (Å²) < 4.78 is 4.87. The molecule has 0 aliphatic rings. The van der Waals surface area contributed by atoms with E-state index in [0.717, 1.165) is 0 Å². The second-order valence-corrected chi connectivity index (χ2v) is 5.65. The standard InChI is InChI=1S/C20H20N2O5/c1-21-20(26)15-7-9-16(10-8-15)22-18(24)13-27-19(25)12-11-17(23)14-5-3-2-4-6-14/h2-10H,11-13H2,1H3,(H,21,26)(H,22,24). The van der Waals surface area contributed by atoms with Crippen LogP contribution in [0, 0.1) is 0 Å². The normalized spacial score (nSPS) is 9.96. The van der Waals surface area contributed by atoms with Gasteiger partial charge in [-0.2, -0.15) is 0 Å². The van der Waals surface area contributed by atoms with Crippen LogP contribution in [0.4, 0.5) is 5.69 Å². The van der Waals surface area contributed by atoms with Gasteiger partial charge in [-0.15, -0.1) is 0 Å². The van der Waals surface area contributed by atoms with Crippen LogP contribution in [0.15, 0.2) is 54.6 Å². The minimum Gasteiger partial charge on any atom is -0.456 e. The van der Waals surface area contributed by atoms with E-state index in [-0.39, 0.29) is 24.5 Å². The zero-order valence-corrected chi connectivity index (χ0v) is 14.9. The average molecular weight is 368 g/mol. The van der Waals surface area contributed by atoms with E-state index in [0.29, 0.717) is 16.8 Å². The van der Waals surface area contributed by atoms with E-state index >= 15 is 0 Å². The summed E-state index contributed by atoms with van der Waals surface area (Å²) in [5.74, 6) is -1.52. The van der Waals surface area contributed by atoms with Crippen molar-refractivity contribution in [3.8, 4) is 0 Å². The molecule has 0 saturated carbocycles. The van der Waals surface area contributed by atoms with Gasteiger partial charge in [0.15, 0.2) is 12.4 Å². The van der Waals surface area contributed by atoms with Crippen molar-refractivity contribution in [2.75, 3.05) is 19.0 Å². The third-order valence-corrected chi connectivity index (χ3v) is 3.67. The summed E-state index contributed by atoms with van der Waals surface area (Å²) in [5.41, 5.74) is 1.47. The van der Waals surface area contributed by atoms with Gasteiger partial charge >= 0.3 is 5.97 Å². The molecule has 7 heteroatoms. The van der Waals surface area contributed by atoms with Crippen molar-refractivity contribution in [1.82, 2.24) is 5.32 Å². The summed E-state index contributed by atoms with van der Waals surface area (Å²) >= 11 is 0. The van der Waals surface area contributed by atoms with Gasteiger partial charge < -0.3 is 15.4 Å². The first-order valence-corrected chi connectivity index (χ1v) is 8.35. The zero-order chi connectivity index (χ0) is 19.6. The van der Waals surface area contributed by atoms with Crippen molar-refractivity contribution in [1.29, 1.82) is 0 Å². The number of hydrogen-bond donors (Lipinski definition) is 2. The monoisotopic (exact) mass is 368 g/mol. The number of amides is 2. The number of esters is 1. The van der Waals surface area contributed by atoms with Crippen molar-refractivity contribution >= 4 is 29.3 Å². The van der Waals surface area contributed by atoms with E-state index in [2.05, 4.69) is 10.6 Å². The maximum absolute atomic E-state index is 11.9. The lowest BCUT2D eigenvalue weighted by atomic mass is 10.1. The summed E-state index contributed by atoms with van der Waals surface area (Å²) in [6, 6.07) is 14.9. The molecule has 2 amide bonds. The van der Waals surface area contributed by atoms with Crippen LogP contribution in [0.3, 0.4) is 0 Å². The van der Waals surface area contributed by atoms with Crippen LogP contribution in [0.25, 0.3) is 0 Å². The lowest BCUT2D eigenvalue weighted by molar-refractivity contribution is -0.147. The van der Waals surface area contributed by atoms with Crippen molar-refractivity contribution in [3.63, 3.8) is 0 Å². The van der Waals surface area contributed by atoms with Gasteiger partial charge in [0.2, 0.25) is 0 Å². The summed E-state index contributed by atoms with van der Waals surface area (Å²) in [7, 11) is 1.53. The fourth-order valence-corrected chi connectivity index (χ4v) is 2.25. The first kappa shape index (κ1) is 19.8. The highest BCUT2D eigenvalue weighted by molar-refractivity contribution is 5.98. The molecule has 27 heavy (non-hydrogen) atoms. The molecule has 0 bridgehead atoms. The van der Waals surface area contributed by atoms with Gasteiger partial charge in [0, 0.05) is 30.3 Å². The van der Waals surface area contributed by atoms with Gasteiger partial charge in [-0.05, 0) is 24.3 Å². The molecule has 0 fully saturated rings. The SMILES string of the molecule is CNC(=O)c1ccc(NC(=O)COC(=O)CCC(=O)c2ccccc2)cc1. The van der Waals surface area contributed by atoms with E-state index in [1.54, 1.807) is 54.6 Å². The summed E-state index contributed by atoms with van der Waals surface area (Å²) in [5, 5.41) is 5.05. The molecule has 0 heterocycles. The van der Waals surface area contributed by atoms with Crippen LogP contribution in [-0.2, 0) is 14.3 Å². The first-order chi connectivity index (χ1) is 13.0. The number of ketones is 1. The van der Waals surface area contributed by atoms with Crippen molar-refractivity contribution in [2.24, 2.45) is 0 Å². The third-order valence-electron chi connectivity index (χ3n) is 3.67. The summed E-state index contributed by atoms with van der Waals surface area (Å²) in [6.07, 6.45) is -0.0761. The Kier molecular flexibility index (Phi) is 7.25. The van der Waals surface area contributed by atoms with E-state index in [9.17, 15) is 19.2 Å². The maximum atomic E-state index is 11.9. The van der Waals surface area contributed by atoms with Gasteiger partial charge in [0.1, 0.15) is 0 Å². The van der Waals surface area contributed by atoms with Gasteiger partial charge in [0.05, 0.1) is 6.42 Å². The van der Waals surface area contributed by atoms with Gasteiger partial charge in [-0.1, -0.05) is 30.3 Å². The molecule has 2 rings (SSSR count). The Balaban J connectivity index is 1.72. The number of rotatable bonds is 8.